The van der Waals surface area contributed by atoms with Crippen LogP contribution < -0.4 is 5.32 Å². The molecule has 0 aliphatic rings. The maximum absolute atomic E-state index is 11.1. The standard InChI is InChI=1S/C11H22NO/c1-3-5-6-7-8-9-11(13)12-10-4-2/h2-10H2,1H3,(H,12,13). The van der Waals surface area contributed by atoms with E-state index in [2.05, 4.69) is 19.2 Å². The first-order valence-corrected chi connectivity index (χ1v) is 5.37. The molecule has 1 radical (unpaired) electrons. The van der Waals surface area contributed by atoms with Crippen molar-refractivity contribution < 1.29 is 4.79 Å². The number of hydrogen-bond acceptors (Lipinski definition) is 1. The summed E-state index contributed by atoms with van der Waals surface area (Å²) >= 11 is 0. The fourth-order valence-corrected chi connectivity index (χ4v) is 1.21. The van der Waals surface area contributed by atoms with Crippen LogP contribution in [0.3, 0.4) is 0 Å². The minimum absolute atomic E-state index is 0.181. The highest BCUT2D eigenvalue weighted by Gasteiger charge is 1.98. The SMILES string of the molecule is [CH2]CCNC(=O)CCCCCCC. The van der Waals surface area contributed by atoms with E-state index in [-0.39, 0.29) is 5.91 Å². The number of nitrogens with one attached hydrogen (secondary N) is 1. The second kappa shape index (κ2) is 9.56. The molecule has 0 fully saturated rings. The van der Waals surface area contributed by atoms with Crippen molar-refractivity contribution in [2.75, 3.05) is 6.54 Å². The second-order valence-corrected chi connectivity index (χ2v) is 3.37. The number of unbranched alkanes of at least 4 members (excludes halogenated alkanes) is 4. The maximum atomic E-state index is 11.1. The minimum Gasteiger partial charge on any atom is -0.356 e. The monoisotopic (exact) mass is 184 g/mol. The molecule has 0 aromatic heterocycles. The molecule has 0 atom stereocenters. The quantitative estimate of drug-likeness (QED) is 0.577. The van der Waals surface area contributed by atoms with Crippen molar-refractivity contribution in [2.45, 2.75) is 51.9 Å². The Hall–Kier alpha value is -0.530. The van der Waals surface area contributed by atoms with Crippen LogP contribution in [0.15, 0.2) is 0 Å². The number of carbonyl (C=O) groups excluding carboxylic acids is 1. The molecular weight excluding hydrogens is 162 g/mol. The molecule has 1 amide bonds. The van der Waals surface area contributed by atoms with Gasteiger partial charge in [-0.2, -0.15) is 0 Å². The van der Waals surface area contributed by atoms with E-state index in [1.165, 1.54) is 25.7 Å². The van der Waals surface area contributed by atoms with Gasteiger partial charge in [-0.3, -0.25) is 4.79 Å². The van der Waals surface area contributed by atoms with Gasteiger partial charge in [0.25, 0.3) is 0 Å². The summed E-state index contributed by atoms with van der Waals surface area (Å²) in [6.07, 6.45) is 7.49. The smallest absolute Gasteiger partial charge is 0.219 e. The van der Waals surface area contributed by atoms with Crippen LogP contribution >= 0.6 is 0 Å². The molecule has 1 N–H and O–H groups in total. The van der Waals surface area contributed by atoms with Crippen LogP contribution in [0.25, 0.3) is 0 Å². The normalized spacial score (nSPS) is 10.0. The zero-order valence-corrected chi connectivity index (χ0v) is 8.77. The molecule has 0 aromatic rings. The Bertz CT molecular complexity index is 123. The summed E-state index contributed by atoms with van der Waals surface area (Å²) in [6, 6.07) is 0. The first kappa shape index (κ1) is 12.5. The van der Waals surface area contributed by atoms with Gasteiger partial charge in [-0.25, -0.2) is 0 Å². The van der Waals surface area contributed by atoms with Gasteiger partial charge in [0, 0.05) is 13.0 Å². The van der Waals surface area contributed by atoms with Crippen LogP contribution in [0.5, 0.6) is 0 Å². The topological polar surface area (TPSA) is 29.1 Å². The van der Waals surface area contributed by atoms with Gasteiger partial charge in [0.15, 0.2) is 0 Å². The van der Waals surface area contributed by atoms with E-state index in [4.69, 9.17) is 0 Å². The van der Waals surface area contributed by atoms with Crippen molar-refractivity contribution in [1.29, 1.82) is 0 Å². The molecule has 0 heterocycles. The van der Waals surface area contributed by atoms with E-state index < -0.39 is 0 Å². The summed E-state index contributed by atoms with van der Waals surface area (Å²) in [5.41, 5.74) is 0. The molecule has 13 heavy (non-hydrogen) atoms. The minimum atomic E-state index is 0.181. The van der Waals surface area contributed by atoms with Gasteiger partial charge in [-0.1, -0.05) is 39.5 Å². The summed E-state index contributed by atoms with van der Waals surface area (Å²) in [6.45, 7) is 6.58. The molecule has 0 bridgehead atoms. The zero-order chi connectivity index (χ0) is 9.94. The van der Waals surface area contributed by atoms with Crippen LogP contribution in [0.4, 0.5) is 0 Å². The van der Waals surface area contributed by atoms with Gasteiger partial charge in [0.1, 0.15) is 0 Å². The molecule has 0 aliphatic heterocycles. The van der Waals surface area contributed by atoms with Crippen molar-refractivity contribution in [3.05, 3.63) is 6.92 Å². The lowest BCUT2D eigenvalue weighted by Crippen LogP contribution is -2.23. The molecule has 2 nitrogen and oxygen atoms in total. The number of amides is 1. The molecule has 0 saturated heterocycles. The molecule has 0 saturated carbocycles. The maximum Gasteiger partial charge on any atom is 0.219 e. The Morgan fingerprint density at radius 2 is 1.92 bits per heavy atom. The average molecular weight is 184 g/mol. The Kier molecular flexibility index (Phi) is 9.17. The lowest BCUT2D eigenvalue weighted by atomic mass is 10.1. The molecule has 0 unspecified atom stereocenters. The van der Waals surface area contributed by atoms with Crippen molar-refractivity contribution in [2.24, 2.45) is 0 Å². The van der Waals surface area contributed by atoms with E-state index >= 15 is 0 Å². The lowest BCUT2D eigenvalue weighted by molar-refractivity contribution is -0.121. The van der Waals surface area contributed by atoms with Crippen molar-refractivity contribution in [3.63, 3.8) is 0 Å². The van der Waals surface area contributed by atoms with E-state index in [0.29, 0.717) is 13.0 Å². The first-order valence-electron chi connectivity index (χ1n) is 5.37. The fraction of sp³-hybridized carbons (Fsp3) is 0.818. The zero-order valence-electron chi connectivity index (χ0n) is 8.77. The Morgan fingerprint density at radius 3 is 2.54 bits per heavy atom. The highest BCUT2D eigenvalue weighted by molar-refractivity contribution is 5.75. The molecule has 2 heteroatoms. The van der Waals surface area contributed by atoms with Gasteiger partial charge in [-0.05, 0) is 12.8 Å². The summed E-state index contributed by atoms with van der Waals surface area (Å²) in [7, 11) is 0. The first-order chi connectivity index (χ1) is 6.31. The van der Waals surface area contributed by atoms with Crippen LogP contribution in [0, 0.1) is 6.92 Å². The molecule has 0 spiro atoms. The third-order valence-corrected chi connectivity index (χ3v) is 2.01. The van der Waals surface area contributed by atoms with Crippen molar-refractivity contribution in [1.82, 2.24) is 5.32 Å². The molecule has 0 aromatic carbocycles. The Labute approximate surface area is 82.1 Å². The Morgan fingerprint density at radius 1 is 1.23 bits per heavy atom. The summed E-state index contributed by atoms with van der Waals surface area (Å²) in [4.78, 5) is 11.1. The average Bonchev–Trinajstić information content (AvgIpc) is 2.14. The van der Waals surface area contributed by atoms with E-state index in [0.717, 1.165) is 12.8 Å². The van der Waals surface area contributed by atoms with Crippen LogP contribution in [-0.2, 0) is 4.79 Å². The van der Waals surface area contributed by atoms with E-state index in [1.54, 1.807) is 0 Å². The largest absolute Gasteiger partial charge is 0.356 e. The Balaban J connectivity index is 3.08. The summed E-state index contributed by atoms with van der Waals surface area (Å²) in [5.74, 6) is 0.181. The van der Waals surface area contributed by atoms with Crippen LogP contribution in [0.1, 0.15) is 51.9 Å². The van der Waals surface area contributed by atoms with Crippen molar-refractivity contribution in [3.8, 4) is 0 Å². The highest BCUT2D eigenvalue weighted by Crippen LogP contribution is 2.04. The molecular formula is C11H22NO. The third-order valence-electron chi connectivity index (χ3n) is 2.01. The van der Waals surface area contributed by atoms with Gasteiger partial charge >= 0.3 is 0 Å². The third kappa shape index (κ3) is 9.38. The molecule has 77 valence electrons. The highest BCUT2D eigenvalue weighted by atomic mass is 16.1. The van der Waals surface area contributed by atoms with E-state index in [1.807, 2.05) is 0 Å². The molecule has 0 aliphatic carbocycles. The fourth-order valence-electron chi connectivity index (χ4n) is 1.21. The van der Waals surface area contributed by atoms with Gasteiger partial charge in [0.05, 0.1) is 0 Å². The predicted octanol–water partition coefficient (Wildman–Crippen LogP) is 2.69. The predicted molar refractivity (Wildman–Crippen MR) is 56.4 cm³/mol. The number of rotatable bonds is 8. The number of carbonyl (C=O) groups is 1. The van der Waals surface area contributed by atoms with Crippen LogP contribution in [-0.4, -0.2) is 12.5 Å². The second-order valence-electron chi connectivity index (χ2n) is 3.37. The van der Waals surface area contributed by atoms with E-state index in [9.17, 15) is 4.79 Å². The lowest BCUT2D eigenvalue weighted by Gasteiger charge is -2.02. The van der Waals surface area contributed by atoms with Gasteiger partial charge in [-0.15, -0.1) is 0 Å². The van der Waals surface area contributed by atoms with Gasteiger partial charge < -0.3 is 5.32 Å². The summed E-state index contributed by atoms with van der Waals surface area (Å²) < 4.78 is 0. The summed E-state index contributed by atoms with van der Waals surface area (Å²) in [5, 5.41) is 2.82. The number of hydrogen-bond donors (Lipinski definition) is 1. The van der Waals surface area contributed by atoms with Gasteiger partial charge in [0.2, 0.25) is 5.91 Å². The molecule has 0 rings (SSSR count). The van der Waals surface area contributed by atoms with Crippen molar-refractivity contribution >= 4 is 5.91 Å². The van der Waals surface area contributed by atoms with Crippen LogP contribution in [0.2, 0.25) is 0 Å².